The fraction of sp³-hybridized carbons (Fsp3) is 1.00. The van der Waals surface area contributed by atoms with E-state index in [0.717, 1.165) is 18.4 Å². The van der Waals surface area contributed by atoms with Gasteiger partial charge in [0.15, 0.2) is 0 Å². The summed E-state index contributed by atoms with van der Waals surface area (Å²) in [5.74, 6) is 0.930. The van der Waals surface area contributed by atoms with E-state index in [1.165, 1.54) is 45.1 Å². The average Bonchev–Trinajstić information content (AvgIpc) is 2.28. The highest BCUT2D eigenvalue weighted by Crippen LogP contribution is 2.26. The van der Waals surface area contributed by atoms with Gasteiger partial charge in [-0.05, 0) is 51.6 Å². The minimum Gasteiger partial charge on any atom is -0.328 e. The molecule has 3 atom stereocenters. The Morgan fingerprint density at radius 3 is 2.75 bits per heavy atom. The van der Waals surface area contributed by atoms with Crippen molar-refractivity contribution in [1.82, 2.24) is 4.90 Å². The van der Waals surface area contributed by atoms with Gasteiger partial charge in [-0.1, -0.05) is 26.7 Å². The molecule has 0 amide bonds. The number of hydrogen-bond donors (Lipinski definition) is 1. The molecule has 0 saturated heterocycles. The van der Waals surface area contributed by atoms with E-state index in [1.807, 2.05) is 0 Å². The van der Waals surface area contributed by atoms with Crippen molar-refractivity contribution in [2.24, 2.45) is 11.7 Å². The Hall–Kier alpha value is -0.0800. The van der Waals surface area contributed by atoms with Crippen LogP contribution in [-0.2, 0) is 0 Å². The highest BCUT2D eigenvalue weighted by molar-refractivity contribution is 4.77. The highest BCUT2D eigenvalue weighted by Gasteiger charge is 2.21. The molecule has 2 heteroatoms. The van der Waals surface area contributed by atoms with Crippen LogP contribution in [0.1, 0.15) is 58.8 Å². The van der Waals surface area contributed by atoms with Gasteiger partial charge < -0.3 is 10.6 Å². The lowest BCUT2D eigenvalue weighted by molar-refractivity contribution is 0.161. The van der Waals surface area contributed by atoms with Gasteiger partial charge in [-0.25, -0.2) is 0 Å². The molecule has 1 rings (SSSR count). The molecular weight excluding hydrogens is 196 g/mol. The number of rotatable bonds is 6. The zero-order chi connectivity index (χ0) is 12.0. The van der Waals surface area contributed by atoms with Crippen LogP contribution in [0.15, 0.2) is 0 Å². The van der Waals surface area contributed by atoms with E-state index in [9.17, 15) is 0 Å². The number of nitrogens with two attached hydrogens (primary N) is 1. The summed E-state index contributed by atoms with van der Waals surface area (Å²) in [6, 6.07) is 1.25. The van der Waals surface area contributed by atoms with Crippen molar-refractivity contribution in [3.8, 4) is 0 Å². The number of hydrogen-bond acceptors (Lipinski definition) is 2. The summed E-state index contributed by atoms with van der Waals surface area (Å²) >= 11 is 0. The van der Waals surface area contributed by atoms with Gasteiger partial charge in [-0.3, -0.25) is 0 Å². The summed E-state index contributed by atoms with van der Waals surface area (Å²) in [6.45, 7) is 5.80. The zero-order valence-electron chi connectivity index (χ0n) is 11.4. The summed E-state index contributed by atoms with van der Waals surface area (Å²) in [5, 5.41) is 0. The lowest BCUT2D eigenvalue weighted by atomic mass is 9.86. The zero-order valence-corrected chi connectivity index (χ0v) is 11.4. The number of nitrogens with zero attached hydrogens (tertiary/aromatic N) is 1. The van der Waals surface area contributed by atoms with Gasteiger partial charge in [-0.2, -0.15) is 0 Å². The molecule has 0 aliphatic heterocycles. The van der Waals surface area contributed by atoms with Crippen molar-refractivity contribution >= 4 is 0 Å². The molecule has 0 aromatic carbocycles. The second kappa shape index (κ2) is 7.29. The van der Waals surface area contributed by atoms with Gasteiger partial charge in [0.2, 0.25) is 0 Å². The van der Waals surface area contributed by atoms with Crippen LogP contribution in [-0.4, -0.2) is 30.6 Å². The largest absolute Gasteiger partial charge is 0.328 e. The molecule has 0 aromatic heterocycles. The fourth-order valence-corrected chi connectivity index (χ4v) is 2.79. The predicted octanol–water partition coefficient (Wildman–Crippen LogP) is 3.01. The summed E-state index contributed by atoms with van der Waals surface area (Å²) in [5.41, 5.74) is 5.94. The van der Waals surface area contributed by atoms with Crippen molar-refractivity contribution in [1.29, 1.82) is 0 Å². The first-order valence-corrected chi connectivity index (χ1v) is 7.09. The van der Waals surface area contributed by atoms with Crippen molar-refractivity contribution < 1.29 is 0 Å². The van der Waals surface area contributed by atoms with E-state index in [-0.39, 0.29) is 0 Å². The second-order valence-electron chi connectivity index (χ2n) is 5.72. The van der Waals surface area contributed by atoms with Crippen molar-refractivity contribution in [3.63, 3.8) is 0 Å². The Morgan fingerprint density at radius 1 is 1.38 bits per heavy atom. The van der Waals surface area contributed by atoms with Crippen LogP contribution in [0, 0.1) is 5.92 Å². The van der Waals surface area contributed by atoms with E-state index in [0.29, 0.717) is 6.04 Å². The highest BCUT2D eigenvalue weighted by atomic mass is 15.1. The van der Waals surface area contributed by atoms with E-state index >= 15 is 0 Å². The molecule has 1 fully saturated rings. The third-order valence-electron chi connectivity index (χ3n) is 4.14. The minimum absolute atomic E-state index is 0.415. The first-order valence-electron chi connectivity index (χ1n) is 7.09. The Labute approximate surface area is 102 Å². The molecule has 1 saturated carbocycles. The van der Waals surface area contributed by atoms with Crippen LogP contribution in [0.2, 0.25) is 0 Å². The molecule has 3 unspecified atom stereocenters. The molecule has 0 aromatic rings. The van der Waals surface area contributed by atoms with Gasteiger partial charge >= 0.3 is 0 Å². The van der Waals surface area contributed by atoms with Crippen LogP contribution in [0.25, 0.3) is 0 Å². The maximum Gasteiger partial charge on any atom is 0.00947 e. The maximum absolute atomic E-state index is 5.94. The smallest absolute Gasteiger partial charge is 0.00947 e. The molecule has 96 valence electrons. The summed E-state index contributed by atoms with van der Waals surface area (Å²) in [6.07, 6.45) is 9.22. The monoisotopic (exact) mass is 226 g/mol. The molecule has 2 nitrogen and oxygen atoms in total. The van der Waals surface area contributed by atoms with Crippen molar-refractivity contribution in [3.05, 3.63) is 0 Å². The van der Waals surface area contributed by atoms with Crippen LogP contribution in [0.4, 0.5) is 0 Å². The molecular formula is C14H30N2. The van der Waals surface area contributed by atoms with Gasteiger partial charge in [0.1, 0.15) is 0 Å². The lowest BCUT2D eigenvalue weighted by Gasteiger charge is -2.34. The van der Waals surface area contributed by atoms with E-state index in [4.69, 9.17) is 5.73 Å². The molecule has 0 radical (unpaired) electrons. The molecule has 1 aliphatic carbocycles. The topological polar surface area (TPSA) is 29.3 Å². The standard InChI is InChI=1S/C14H30N2/c1-4-13(15)8-6-10-16(3)14-9-5-7-12(2)11-14/h12-14H,4-11,15H2,1-3H3. The van der Waals surface area contributed by atoms with E-state index < -0.39 is 0 Å². The van der Waals surface area contributed by atoms with Crippen LogP contribution in [0.5, 0.6) is 0 Å². The second-order valence-corrected chi connectivity index (χ2v) is 5.72. The predicted molar refractivity (Wildman–Crippen MR) is 71.6 cm³/mol. The van der Waals surface area contributed by atoms with Gasteiger partial charge in [0.05, 0.1) is 0 Å². The maximum atomic E-state index is 5.94. The summed E-state index contributed by atoms with van der Waals surface area (Å²) in [7, 11) is 2.29. The minimum atomic E-state index is 0.415. The Bertz CT molecular complexity index is 182. The van der Waals surface area contributed by atoms with Gasteiger partial charge in [-0.15, -0.1) is 0 Å². The Kier molecular flexibility index (Phi) is 6.37. The van der Waals surface area contributed by atoms with E-state index in [1.54, 1.807) is 0 Å². The molecule has 1 aliphatic rings. The van der Waals surface area contributed by atoms with Crippen LogP contribution in [0.3, 0.4) is 0 Å². The van der Waals surface area contributed by atoms with Crippen LogP contribution < -0.4 is 5.73 Å². The van der Waals surface area contributed by atoms with Gasteiger partial charge in [0.25, 0.3) is 0 Å². The molecule has 0 heterocycles. The first kappa shape index (κ1) is 14.0. The average molecular weight is 226 g/mol. The molecule has 2 N–H and O–H groups in total. The Balaban J connectivity index is 2.16. The van der Waals surface area contributed by atoms with Crippen molar-refractivity contribution in [2.75, 3.05) is 13.6 Å². The molecule has 16 heavy (non-hydrogen) atoms. The Morgan fingerprint density at radius 2 is 2.12 bits per heavy atom. The van der Waals surface area contributed by atoms with Gasteiger partial charge in [0, 0.05) is 12.1 Å². The third-order valence-corrected chi connectivity index (χ3v) is 4.14. The molecule has 0 bridgehead atoms. The van der Waals surface area contributed by atoms with Crippen LogP contribution >= 0.6 is 0 Å². The third kappa shape index (κ3) is 4.84. The normalized spacial score (nSPS) is 28.3. The summed E-state index contributed by atoms with van der Waals surface area (Å²) in [4.78, 5) is 2.57. The lowest BCUT2D eigenvalue weighted by Crippen LogP contribution is -2.36. The summed E-state index contributed by atoms with van der Waals surface area (Å²) < 4.78 is 0. The quantitative estimate of drug-likeness (QED) is 0.754. The fourth-order valence-electron chi connectivity index (χ4n) is 2.79. The SMILES string of the molecule is CCC(N)CCCN(C)C1CCCC(C)C1. The first-order chi connectivity index (χ1) is 7.63. The van der Waals surface area contributed by atoms with Crippen molar-refractivity contribution in [2.45, 2.75) is 70.9 Å². The molecule has 0 spiro atoms. The van der Waals surface area contributed by atoms with E-state index in [2.05, 4.69) is 25.8 Å².